The molecule has 3 aromatic rings. The molecule has 4 nitrogen and oxygen atoms in total. The fourth-order valence-electron chi connectivity index (χ4n) is 2.74. The molecule has 1 amide bonds. The van der Waals surface area contributed by atoms with Crippen molar-refractivity contribution in [1.29, 1.82) is 0 Å². The molecule has 1 N–H and O–H groups in total. The minimum absolute atomic E-state index is 0.203. The number of amides is 1. The van der Waals surface area contributed by atoms with Gasteiger partial charge in [-0.3, -0.25) is 4.79 Å². The van der Waals surface area contributed by atoms with E-state index < -0.39 is 6.10 Å². The van der Waals surface area contributed by atoms with Gasteiger partial charge in [0, 0.05) is 16.3 Å². The lowest BCUT2D eigenvalue weighted by atomic mass is 10.2. The Morgan fingerprint density at radius 1 is 0.926 bits per heavy atom. The molecule has 1 heterocycles. The number of nitrogens with one attached hydrogen (secondary N) is 1. The average molecular weight is 377 g/mol. The molecule has 27 heavy (non-hydrogen) atoms. The highest BCUT2D eigenvalue weighted by atomic mass is 32.2. The third kappa shape index (κ3) is 4.44. The lowest BCUT2D eigenvalue weighted by Gasteiger charge is -2.25. The number of ether oxygens (including phenoxy) is 2. The maximum Gasteiger partial charge on any atom is 0.269 e. The summed E-state index contributed by atoms with van der Waals surface area (Å²) in [5, 5.41) is 2.89. The maximum absolute atomic E-state index is 12.5. The van der Waals surface area contributed by atoms with Gasteiger partial charge in [-0.1, -0.05) is 42.5 Å². The molecule has 0 aliphatic carbocycles. The molecule has 0 saturated carbocycles. The predicted octanol–water partition coefficient (Wildman–Crippen LogP) is 4.76. The lowest BCUT2D eigenvalue weighted by molar-refractivity contribution is -0.125. The summed E-state index contributed by atoms with van der Waals surface area (Å²) in [5.41, 5.74) is 1.95. The molecular weight excluding hydrogens is 358 g/mol. The van der Waals surface area contributed by atoms with E-state index in [0.717, 1.165) is 11.4 Å². The van der Waals surface area contributed by atoms with Crippen LogP contribution in [0.3, 0.4) is 0 Å². The number of anilines is 1. The van der Waals surface area contributed by atoms with Crippen molar-refractivity contribution in [3.05, 3.63) is 84.4 Å². The Bertz CT molecular complexity index is 912. The fourth-order valence-corrected chi connectivity index (χ4v) is 3.61. The van der Waals surface area contributed by atoms with Crippen LogP contribution in [0.1, 0.15) is 5.56 Å². The predicted molar refractivity (Wildman–Crippen MR) is 107 cm³/mol. The monoisotopic (exact) mass is 377 g/mol. The van der Waals surface area contributed by atoms with E-state index in [0.29, 0.717) is 11.5 Å². The van der Waals surface area contributed by atoms with E-state index in [4.69, 9.17) is 9.47 Å². The molecule has 0 saturated heterocycles. The van der Waals surface area contributed by atoms with Crippen LogP contribution in [-0.4, -0.2) is 18.6 Å². The van der Waals surface area contributed by atoms with Crippen molar-refractivity contribution < 1.29 is 14.3 Å². The molecule has 0 unspecified atom stereocenters. The molecule has 1 aliphatic heterocycles. The van der Waals surface area contributed by atoms with Gasteiger partial charge in [-0.25, -0.2) is 0 Å². The van der Waals surface area contributed by atoms with Gasteiger partial charge in [0.2, 0.25) is 6.10 Å². The normalized spacial score (nSPS) is 15.2. The topological polar surface area (TPSA) is 47.6 Å². The van der Waals surface area contributed by atoms with Gasteiger partial charge in [-0.15, -0.1) is 11.8 Å². The highest BCUT2D eigenvalue weighted by Gasteiger charge is 2.27. The van der Waals surface area contributed by atoms with E-state index in [1.807, 2.05) is 60.7 Å². The van der Waals surface area contributed by atoms with Gasteiger partial charge in [0.05, 0.1) is 0 Å². The minimum Gasteiger partial charge on any atom is -0.485 e. The van der Waals surface area contributed by atoms with Crippen molar-refractivity contribution >= 4 is 23.4 Å². The van der Waals surface area contributed by atoms with Crippen LogP contribution in [0, 0.1) is 0 Å². The Labute approximate surface area is 162 Å². The molecule has 3 aromatic carbocycles. The second-order valence-corrected chi connectivity index (χ2v) is 7.20. The third-order valence-corrected chi connectivity index (χ3v) is 5.25. The Morgan fingerprint density at radius 2 is 1.63 bits per heavy atom. The molecule has 4 rings (SSSR count). The van der Waals surface area contributed by atoms with Crippen molar-refractivity contribution in [2.75, 3.05) is 11.9 Å². The summed E-state index contributed by atoms with van der Waals surface area (Å²) in [6.07, 6.45) is -0.659. The van der Waals surface area contributed by atoms with Crippen molar-refractivity contribution in [3.63, 3.8) is 0 Å². The summed E-state index contributed by atoms with van der Waals surface area (Å²) in [7, 11) is 0. The van der Waals surface area contributed by atoms with Crippen LogP contribution in [0.15, 0.2) is 83.8 Å². The molecule has 0 aromatic heterocycles. The van der Waals surface area contributed by atoms with Crippen LogP contribution in [-0.2, 0) is 10.5 Å². The Morgan fingerprint density at radius 3 is 2.41 bits per heavy atom. The van der Waals surface area contributed by atoms with Crippen LogP contribution in [0.2, 0.25) is 0 Å². The number of carbonyl (C=O) groups is 1. The summed E-state index contributed by atoms with van der Waals surface area (Å²) in [6.45, 7) is 0.203. The molecule has 0 spiro atoms. The van der Waals surface area contributed by atoms with E-state index >= 15 is 0 Å². The van der Waals surface area contributed by atoms with E-state index in [2.05, 4.69) is 17.4 Å². The summed E-state index contributed by atoms with van der Waals surface area (Å²) >= 11 is 1.79. The van der Waals surface area contributed by atoms with Gasteiger partial charge in [-0.05, 0) is 42.0 Å². The molecule has 136 valence electrons. The SMILES string of the molecule is O=C(Nc1ccc(CSc2ccccc2)cc1)[C@@H]1COc2ccccc2O1. The van der Waals surface area contributed by atoms with Crippen LogP contribution >= 0.6 is 11.8 Å². The highest BCUT2D eigenvalue weighted by molar-refractivity contribution is 7.98. The summed E-state index contributed by atoms with van der Waals surface area (Å²) in [4.78, 5) is 13.7. The number of fused-ring (bicyclic) bond motifs is 1. The molecular formula is C22H19NO3S. The van der Waals surface area contributed by atoms with Crippen molar-refractivity contribution in [3.8, 4) is 11.5 Å². The molecule has 0 fully saturated rings. The Hall–Kier alpha value is -2.92. The fraction of sp³-hybridized carbons (Fsp3) is 0.136. The zero-order chi connectivity index (χ0) is 18.5. The first-order valence-electron chi connectivity index (χ1n) is 8.74. The highest BCUT2D eigenvalue weighted by Crippen LogP contribution is 2.31. The molecule has 0 radical (unpaired) electrons. The summed E-state index contributed by atoms with van der Waals surface area (Å²) in [6, 6.07) is 25.5. The smallest absolute Gasteiger partial charge is 0.269 e. The van der Waals surface area contributed by atoms with Crippen LogP contribution in [0.5, 0.6) is 11.5 Å². The summed E-state index contributed by atoms with van der Waals surface area (Å²) in [5.74, 6) is 1.93. The molecule has 0 bridgehead atoms. The van der Waals surface area contributed by atoms with Gasteiger partial charge in [-0.2, -0.15) is 0 Å². The number of carbonyl (C=O) groups excluding carboxylic acids is 1. The zero-order valence-electron chi connectivity index (χ0n) is 14.6. The van der Waals surface area contributed by atoms with Crippen molar-refractivity contribution in [2.24, 2.45) is 0 Å². The first kappa shape index (κ1) is 17.5. The van der Waals surface area contributed by atoms with Gasteiger partial charge >= 0.3 is 0 Å². The number of para-hydroxylation sites is 2. The van der Waals surface area contributed by atoms with Gasteiger partial charge < -0.3 is 14.8 Å². The van der Waals surface area contributed by atoms with Gasteiger partial charge in [0.1, 0.15) is 6.61 Å². The molecule has 1 aliphatic rings. The van der Waals surface area contributed by atoms with E-state index in [1.54, 1.807) is 17.8 Å². The Kier molecular flexibility index (Phi) is 5.30. The van der Waals surface area contributed by atoms with Crippen LogP contribution < -0.4 is 14.8 Å². The van der Waals surface area contributed by atoms with E-state index in [-0.39, 0.29) is 12.5 Å². The number of hydrogen-bond donors (Lipinski definition) is 1. The Balaban J connectivity index is 1.32. The first-order chi connectivity index (χ1) is 13.3. The van der Waals surface area contributed by atoms with Crippen LogP contribution in [0.25, 0.3) is 0 Å². The summed E-state index contributed by atoms with van der Waals surface area (Å²) < 4.78 is 11.3. The minimum atomic E-state index is -0.659. The maximum atomic E-state index is 12.5. The third-order valence-electron chi connectivity index (χ3n) is 4.17. The zero-order valence-corrected chi connectivity index (χ0v) is 15.4. The van der Waals surface area contributed by atoms with Crippen LogP contribution in [0.4, 0.5) is 5.69 Å². The standard InChI is InChI=1S/C22H19NO3S/c24-22(21-14-25-19-8-4-5-9-20(19)26-21)23-17-12-10-16(11-13-17)15-27-18-6-2-1-3-7-18/h1-13,21H,14-15H2,(H,23,24)/t21-/m0/s1. The second-order valence-electron chi connectivity index (χ2n) is 6.15. The molecule has 1 atom stereocenters. The lowest BCUT2D eigenvalue weighted by Crippen LogP contribution is -2.40. The van der Waals surface area contributed by atoms with Crippen molar-refractivity contribution in [2.45, 2.75) is 16.8 Å². The van der Waals surface area contributed by atoms with Gasteiger partial charge in [0.25, 0.3) is 5.91 Å². The number of thioether (sulfide) groups is 1. The quantitative estimate of drug-likeness (QED) is 0.652. The van der Waals surface area contributed by atoms with E-state index in [9.17, 15) is 4.79 Å². The van der Waals surface area contributed by atoms with Crippen molar-refractivity contribution in [1.82, 2.24) is 0 Å². The largest absolute Gasteiger partial charge is 0.485 e. The average Bonchev–Trinajstić information content (AvgIpc) is 2.73. The van der Waals surface area contributed by atoms with Gasteiger partial charge in [0.15, 0.2) is 11.5 Å². The molecule has 5 heteroatoms. The number of rotatable bonds is 5. The first-order valence-corrected chi connectivity index (χ1v) is 9.73. The second kappa shape index (κ2) is 8.18. The number of benzene rings is 3. The van der Waals surface area contributed by atoms with E-state index in [1.165, 1.54) is 10.5 Å². The number of hydrogen-bond acceptors (Lipinski definition) is 4.